The van der Waals surface area contributed by atoms with E-state index in [0.29, 0.717) is 27.9 Å². The largest absolute Gasteiger partial charge is 0.296 e. The van der Waals surface area contributed by atoms with E-state index >= 15 is 0 Å². The molecule has 0 unspecified atom stereocenters. The zero-order chi connectivity index (χ0) is 21.2. The van der Waals surface area contributed by atoms with Gasteiger partial charge in [0.2, 0.25) is 5.78 Å². The lowest BCUT2D eigenvalue weighted by atomic mass is 10.0. The predicted molar refractivity (Wildman–Crippen MR) is 120 cm³/mol. The highest BCUT2D eigenvalue weighted by Crippen LogP contribution is 2.26. The average molecular weight is 402 g/mol. The molecule has 0 saturated heterocycles. The van der Waals surface area contributed by atoms with Crippen molar-refractivity contribution in [3.8, 4) is 11.3 Å². The van der Waals surface area contributed by atoms with E-state index in [9.17, 15) is 9.59 Å². The molecular formula is C27H18N2O2. The van der Waals surface area contributed by atoms with Gasteiger partial charge >= 0.3 is 0 Å². The minimum atomic E-state index is -0.156. The minimum absolute atomic E-state index is 0.129. The van der Waals surface area contributed by atoms with Gasteiger partial charge in [0.25, 0.3) is 0 Å². The molecule has 0 radical (unpaired) electrons. The van der Waals surface area contributed by atoms with Crippen LogP contribution in [0.4, 0.5) is 0 Å². The van der Waals surface area contributed by atoms with Gasteiger partial charge in [-0.05, 0) is 12.1 Å². The summed E-state index contributed by atoms with van der Waals surface area (Å²) in [7, 11) is 0. The van der Waals surface area contributed by atoms with E-state index in [1.807, 2.05) is 72.8 Å². The van der Waals surface area contributed by atoms with Crippen molar-refractivity contribution in [3.05, 3.63) is 132 Å². The van der Waals surface area contributed by atoms with Crippen LogP contribution in [0.15, 0.2) is 109 Å². The lowest BCUT2D eigenvalue weighted by Gasteiger charge is -2.06. The molecule has 4 heteroatoms. The summed E-state index contributed by atoms with van der Waals surface area (Å²) in [6, 6.07) is 31.5. The van der Waals surface area contributed by atoms with Crippen LogP contribution in [0.2, 0.25) is 0 Å². The van der Waals surface area contributed by atoms with Crippen LogP contribution >= 0.6 is 0 Å². The summed E-state index contributed by atoms with van der Waals surface area (Å²) in [5, 5.41) is 0. The Bertz CT molecular complexity index is 1390. The van der Waals surface area contributed by atoms with Crippen LogP contribution < -0.4 is 0 Å². The summed E-state index contributed by atoms with van der Waals surface area (Å²) in [4.78, 5) is 31.1. The van der Waals surface area contributed by atoms with Crippen molar-refractivity contribution in [2.45, 2.75) is 0 Å². The smallest absolute Gasteiger partial charge is 0.209 e. The number of carbonyl (C=O) groups is 2. The third-order valence-electron chi connectivity index (χ3n) is 5.28. The van der Waals surface area contributed by atoms with Crippen LogP contribution in [0.25, 0.3) is 16.8 Å². The van der Waals surface area contributed by atoms with Crippen LogP contribution in [-0.2, 0) is 0 Å². The zero-order valence-corrected chi connectivity index (χ0v) is 16.6. The second kappa shape index (κ2) is 7.84. The van der Waals surface area contributed by atoms with Crippen LogP contribution in [-0.4, -0.2) is 21.0 Å². The normalized spacial score (nSPS) is 10.8. The Morgan fingerprint density at radius 3 is 1.81 bits per heavy atom. The Morgan fingerprint density at radius 2 is 1.19 bits per heavy atom. The van der Waals surface area contributed by atoms with Crippen molar-refractivity contribution in [2.24, 2.45) is 0 Å². The number of benzene rings is 3. The van der Waals surface area contributed by atoms with Gasteiger partial charge in [0, 0.05) is 22.3 Å². The molecule has 0 aliphatic carbocycles. The number of ketones is 2. The topological polar surface area (TPSA) is 51.4 Å². The van der Waals surface area contributed by atoms with Gasteiger partial charge in [0.15, 0.2) is 5.78 Å². The summed E-state index contributed by atoms with van der Waals surface area (Å²) in [5.74, 6) is -0.285. The number of nitrogens with zero attached hydrogens (tertiary/aromatic N) is 2. The van der Waals surface area contributed by atoms with Gasteiger partial charge < -0.3 is 0 Å². The number of rotatable bonds is 5. The summed E-state index contributed by atoms with van der Waals surface area (Å²) in [6.45, 7) is 0. The molecule has 5 aromatic rings. The van der Waals surface area contributed by atoms with E-state index in [1.165, 1.54) is 0 Å². The Hall–Kier alpha value is -4.31. The molecule has 0 saturated carbocycles. The first kappa shape index (κ1) is 18.7. The molecule has 2 heterocycles. The lowest BCUT2D eigenvalue weighted by molar-refractivity contribution is 0.103. The number of hydrogen-bond donors (Lipinski definition) is 0. The van der Waals surface area contributed by atoms with Crippen molar-refractivity contribution in [2.75, 3.05) is 0 Å². The van der Waals surface area contributed by atoms with E-state index in [4.69, 9.17) is 0 Å². The maximum Gasteiger partial charge on any atom is 0.209 e. The SMILES string of the molecule is O=C(c1ccccc1)c1cc(C(=O)c2ccccc2)n2cnc(-c3ccccc3)cc12. The predicted octanol–water partition coefficient (Wildman–Crippen LogP) is 5.46. The number of hydrogen-bond acceptors (Lipinski definition) is 3. The second-order valence-corrected chi connectivity index (χ2v) is 7.23. The molecule has 0 aliphatic rings. The van der Waals surface area contributed by atoms with E-state index in [1.54, 1.807) is 41.1 Å². The molecule has 0 amide bonds. The summed E-state index contributed by atoms with van der Waals surface area (Å²) >= 11 is 0. The Morgan fingerprint density at radius 1 is 0.645 bits per heavy atom. The van der Waals surface area contributed by atoms with Gasteiger partial charge in [-0.15, -0.1) is 0 Å². The average Bonchev–Trinajstić information content (AvgIpc) is 3.23. The van der Waals surface area contributed by atoms with E-state index in [2.05, 4.69) is 4.98 Å². The highest BCUT2D eigenvalue weighted by molar-refractivity contribution is 6.17. The Balaban J connectivity index is 1.72. The van der Waals surface area contributed by atoms with Crippen LogP contribution in [0, 0.1) is 0 Å². The fourth-order valence-electron chi connectivity index (χ4n) is 3.70. The van der Waals surface area contributed by atoms with E-state index in [-0.39, 0.29) is 11.6 Å². The van der Waals surface area contributed by atoms with Gasteiger partial charge in [-0.25, -0.2) is 4.98 Å². The summed E-state index contributed by atoms with van der Waals surface area (Å²) < 4.78 is 1.71. The van der Waals surface area contributed by atoms with Crippen LogP contribution in [0.5, 0.6) is 0 Å². The number of aromatic nitrogens is 2. The molecule has 148 valence electrons. The van der Waals surface area contributed by atoms with Gasteiger partial charge in [0.1, 0.15) is 6.33 Å². The standard InChI is InChI=1S/C27H18N2O2/c30-26(20-12-6-2-7-13-20)22-16-25(27(31)21-14-8-3-9-15-21)29-18-28-23(17-24(22)29)19-10-4-1-5-11-19/h1-18H. The molecule has 2 aromatic heterocycles. The van der Waals surface area contributed by atoms with E-state index in [0.717, 1.165) is 11.3 Å². The molecule has 0 fully saturated rings. The van der Waals surface area contributed by atoms with E-state index < -0.39 is 0 Å². The summed E-state index contributed by atoms with van der Waals surface area (Å²) in [6.07, 6.45) is 1.62. The van der Waals surface area contributed by atoms with Crippen molar-refractivity contribution < 1.29 is 9.59 Å². The van der Waals surface area contributed by atoms with Gasteiger partial charge in [-0.2, -0.15) is 0 Å². The Labute approximate surface area is 179 Å². The van der Waals surface area contributed by atoms with Crippen LogP contribution in [0.3, 0.4) is 0 Å². The molecule has 4 nitrogen and oxygen atoms in total. The van der Waals surface area contributed by atoms with Gasteiger partial charge in [0.05, 0.1) is 16.9 Å². The summed E-state index contributed by atoms with van der Waals surface area (Å²) in [5.41, 5.74) is 4.37. The zero-order valence-electron chi connectivity index (χ0n) is 16.6. The highest BCUT2D eigenvalue weighted by Gasteiger charge is 2.22. The van der Waals surface area contributed by atoms with Crippen molar-refractivity contribution >= 4 is 17.1 Å². The maximum atomic E-state index is 13.3. The molecule has 5 rings (SSSR count). The quantitative estimate of drug-likeness (QED) is 0.367. The first-order valence-electron chi connectivity index (χ1n) is 9.98. The molecule has 0 N–H and O–H groups in total. The van der Waals surface area contributed by atoms with Crippen molar-refractivity contribution in [1.82, 2.24) is 9.38 Å². The molecule has 0 atom stereocenters. The lowest BCUT2D eigenvalue weighted by Crippen LogP contribution is -2.05. The second-order valence-electron chi connectivity index (χ2n) is 7.23. The first-order valence-corrected chi connectivity index (χ1v) is 9.98. The maximum absolute atomic E-state index is 13.3. The first-order chi connectivity index (χ1) is 15.2. The van der Waals surface area contributed by atoms with Crippen molar-refractivity contribution in [1.29, 1.82) is 0 Å². The fourth-order valence-corrected chi connectivity index (χ4v) is 3.70. The molecule has 3 aromatic carbocycles. The molecule has 0 spiro atoms. The monoisotopic (exact) mass is 402 g/mol. The number of fused-ring (bicyclic) bond motifs is 1. The number of carbonyl (C=O) groups excluding carboxylic acids is 2. The fraction of sp³-hybridized carbons (Fsp3) is 0. The van der Waals surface area contributed by atoms with Gasteiger partial charge in [-0.3, -0.25) is 14.0 Å². The molecular weight excluding hydrogens is 384 g/mol. The third-order valence-corrected chi connectivity index (χ3v) is 5.28. The highest BCUT2D eigenvalue weighted by atomic mass is 16.1. The van der Waals surface area contributed by atoms with Gasteiger partial charge in [-0.1, -0.05) is 91.0 Å². The molecule has 0 aliphatic heterocycles. The molecule has 31 heavy (non-hydrogen) atoms. The molecule has 0 bridgehead atoms. The minimum Gasteiger partial charge on any atom is -0.296 e. The van der Waals surface area contributed by atoms with Crippen LogP contribution in [0.1, 0.15) is 32.0 Å². The van der Waals surface area contributed by atoms with Crippen molar-refractivity contribution in [3.63, 3.8) is 0 Å². The third kappa shape index (κ3) is 3.45. The Kier molecular flexibility index (Phi) is 4.73.